The van der Waals surface area contributed by atoms with E-state index in [9.17, 15) is 8.78 Å². The van der Waals surface area contributed by atoms with Gasteiger partial charge in [0.15, 0.2) is 0 Å². The van der Waals surface area contributed by atoms with Gasteiger partial charge in [-0.15, -0.1) is 0 Å². The molecule has 0 saturated carbocycles. The quantitative estimate of drug-likeness (QED) is 0.795. The largest absolute Gasteiger partial charge is 0.312 e. The summed E-state index contributed by atoms with van der Waals surface area (Å²) in [4.78, 5) is 0. The molecule has 0 aliphatic rings. The summed E-state index contributed by atoms with van der Waals surface area (Å²) in [6, 6.07) is 8.83. The lowest BCUT2D eigenvalue weighted by Gasteiger charge is -2.07. The Morgan fingerprint density at radius 3 is 2.30 bits per heavy atom. The van der Waals surface area contributed by atoms with Crippen LogP contribution in [0.3, 0.4) is 0 Å². The Kier molecular flexibility index (Phi) is 5.35. The minimum atomic E-state index is -0.555. The molecule has 2 aromatic rings. The first-order chi connectivity index (χ1) is 9.54. The molecule has 0 amide bonds. The molecule has 0 atom stereocenters. The highest BCUT2D eigenvalue weighted by Crippen LogP contribution is 2.20. The molecule has 1 nitrogen and oxygen atoms in total. The van der Waals surface area contributed by atoms with Gasteiger partial charge < -0.3 is 5.32 Å². The Hall–Kier alpha value is -1.16. The fourth-order valence-electron chi connectivity index (χ4n) is 1.88. The van der Waals surface area contributed by atoms with Crippen molar-refractivity contribution in [3.63, 3.8) is 0 Å². The molecule has 2 rings (SSSR count). The van der Waals surface area contributed by atoms with E-state index >= 15 is 0 Å². The second kappa shape index (κ2) is 7.02. The van der Waals surface area contributed by atoms with E-state index < -0.39 is 11.6 Å². The third-order valence-corrected chi connectivity index (χ3v) is 3.43. The van der Waals surface area contributed by atoms with Gasteiger partial charge >= 0.3 is 0 Å². The standard InChI is InChI=1S/C15H13Cl2F2N/c16-12-2-1-11(15(17)7-12)9-20-4-3-10-5-13(18)8-14(19)6-10/h1-2,5-8,20H,3-4,9H2. The number of nitrogens with one attached hydrogen (secondary N) is 1. The molecule has 0 saturated heterocycles. The first kappa shape index (κ1) is 15.2. The maximum absolute atomic E-state index is 13.0. The molecule has 0 aliphatic carbocycles. The molecule has 0 radical (unpaired) electrons. The summed E-state index contributed by atoms with van der Waals surface area (Å²) < 4.78 is 26.0. The maximum atomic E-state index is 13.0. The average Bonchev–Trinajstić information content (AvgIpc) is 2.35. The number of halogens is 4. The Bertz CT molecular complexity index is 582. The third-order valence-electron chi connectivity index (χ3n) is 2.84. The van der Waals surface area contributed by atoms with Gasteiger partial charge in [0.05, 0.1) is 0 Å². The van der Waals surface area contributed by atoms with Crippen LogP contribution in [0.1, 0.15) is 11.1 Å². The van der Waals surface area contributed by atoms with Crippen molar-refractivity contribution in [3.8, 4) is 0 Å². The van der Waals surface area contributed by atoms with Gasteiger partial charge in [0.1, 0.15) is 11.6 Å². The van der Waals surface area contributed by atoms with Crippen LogP contribution in [-0.4, -0.2) is 6.54 Å². The first-order valence-electron chi connectivity index (χ1n) is 6.14. The number of hydrogen-bond acceptors (Lipinski definition) is 1. The van der Waals surface area contributed by atoms with Crippen LogP contribution < -0.4 is 5.32 Å². The van der Waals surface area contributed by atoms with Gasteiger partial charge in [-0.25, -0.2) is 8.78 Å². The topological polar surface area (TPSA) is 12.0 Å². The van der Waals surface area contributed by atoms with Crippen molar-refractivity contribution in [2.75, 3.05) is 6.54 Å². The van der Waals surface area contributed by atoms with E-state index in [0.717, 1.165) is 11.6 Å². The molecule has 5 heteroatoms. The van der Waals surface area contributed by atoms with Crippen LogP contribution in [0.15, 0.2) is 36.4 Å². The van der Waals surface area contributed by atoms with E-state index in [0.29, 0.717) is 35.1 Å². The summed E-state index contributed by atoms with van der Waals surface area (Å²) in [5.41, 5.74) is 1.55. The minimum absolute atomic E-state index is 0.542. The smallest absolute Gasteiger partial charge is 0.126 e. The normalized spacial score (nSPS) is 10.8. The fraction of sp³-hybridized carbons (Fsp3) is 0.200. The van der Waals surface area contributed by atoms with Crippen molar-refractivity contribution in [1.82, 2.24) is 5.32 Å². The Labute approximate surface area is 126 Å². The predicted octanol–water partition coefficient (Wildman–Crippen LogP) is 4.60. The summed E-state index contributed by atoms with van der Waals surface area (Å²) in [5.74, 6) is -1.11. The van der Waals surface area contributed by atoms with Crippen molar-refractivity contribution in [1.29, 1.82) is 0 Å². The van der Waals surface area contributed by atoms with Crippen LogP contribution in [-0.2, 0) is 13.0 Å². The molecule has 0 heterocycles. The van der Waals surface area contributed by atoms with Gasteiger partial charge in [-0.05, 0) is 48.4 Å². The average molecular weight is 316 g/mol. The second-order valence-corrected chi connectivity index (χ2v) is 5.28. The molecule has 1 N–H and O–H groups in total. The van der Waals surface area contributed by atoms with Gasteiger partial charge in [0, 0.05) is 22.7 Å². The van der Waals surface area contributed by atoms with E-state index in [2.05, 4.69) is 5.32 Å². The molecule has 0 fully saturated rings. The van der Waals surface area contributed by atoms with Crippen molar-refractivity contribution in [3.05, 3.63) is 69.2 Å². The van der Waals surface area contributed by atoms with Crippen LogP contribution in [0.5, 0.6) is 0 Å². The van der Waals surface area contributed by atoms with Crippen molar-refractivity contribution >= 4 is 23.2 Å². The molecule has 0 aromatic heterocycles. The molecular weight excluding hydrogens is 303 g/mol. The Morgan fingerprint density at radius 2 is 1.65 bits per heavy atom. The SMILES string of the molecule is Fc1cc(F)cc(CCNCc2ccc(Cl)cc2Cl)c1. The van der Waals surface area contributed by atoms with E-state index in [4.69, 9.17) is 23.2 Å². The van der Waals surface area contributed by atoms with Gasteiger partial charge in [0.25, 0.3) is 0 Å². The van der Waals surface area contributed by atoms with Gasteiger partial charge in [0.2, 0.25) is 0 Å². The van der Waals surface area contributed by atoms with Crippen molar-refractivity contribution in [2.24, 2.45) is 0 Å². The van der Waals surface area contributed by atoms with Crippen LogP contribution in [0.25, 0.3) is 0 Å². The Morgan fingerprint density at radius 1 is 0.950 bits per heavy atom. The summed E-state index contributed by atoms with van der Waals surface area (Å²) in [6.07, 6.45) is 0.542. The predicted molar refractivity (Wildman–Crippen MR) is 78.2 cm³/mol. The molecule has 0 unspecified atom stereocenters. The summed E-state index contributed by atoms with van der Waals surface area (Å²) in [7, 11) is 0. The lowest BCUT2D eigenvalue weighted by atomic mass is 10.1. The molecule has 106 valence electrons. The zero-order valence-electron chi connectivity index (χ0n) is 10.6. The van der Waals surface area contributed by atoms with Crippen LogP contribution in [0.2, 0.25) is 10.0 Å². The summed E-state index contributed by atoms with van der Waals surface area (Å²) >= 11 is 11.9. The number of benzene rings is 2. The van der Waals surface area contributed by atoms with Gasteiger partial charge in [-0.1, -0.05) is 29.3 Å². The fourth-order valence-corrected chi connectivity index (χ4v) is 2.35. The van der Waals surface area contributed by atoms with Crippen molar-refractivity contribution in [2.45, 2.75) is 13.0 Å². The maximum Gasteiger partial charge on any atom is 0.126 e. The van der Waals surface area contributed by atoms with Crippen LogP contribution in [0.4, 0.5) is 8.78 Å². The van der Waals surface area contributed by atoms with Crippen LogP contribution in [0, 0.1) is 11.6 Å². The number of hydrogen-bond donors (Lipinski definition) is 1. The van der Waals surface area contributed by atoms with Crippen molar-refractivity contribution < 1.29 is 8.78 Å². The van der Waals surface area contributed by atoms with Crippen LogP contribution >= 0.6 is 23.2 Å². The van der Waals surface area contributed by atoms with Gasteiger partial charge in [-0.2, -0.15) is 0 Å². The molecule has 2 aromatic carbocycles. The van der Waals surface area contributed by atoms with E-state index in [-0.39, 0.29) is 0 Å². The highest BCUT2D eigenvalue weighted by Gasteiger charge is 2.02. The lowest BCUT2D eigenvalue weighted by Crippen LogP contribution is -2.17. The first-order valence-corrected chi connectivity index (χ1v) is 6.90. The zero-order chi connectivity index (χ0) is 14.5. The number of rotatable bonds is 5. The molecule has 0 spiro atoms. The van der Waals surface area contributed by atoms with E-state index in [1.807, 2.05) is 6.07 Å². The summed E-state index contributed by atoms with van der Waals surface area (Å²) in [6.45, 7) is 1.18. The summed E-state index contributed by atoms with van der Waals surface area (Å²) in [5, 5.41) is 4.37. The monoisotopic (exact) mass is 315 g/mol. The van der Waals surface area contributed by atoms with E-state index in [1.165, 1.54) is 12.1 Å². The third kappa shape index (κ3) is 4.44. The van der Waals surface area contributed by atoms with E-state index in [1.54, 1.807) is 12.1 Å². The minimum Gasteiger partial charge on any atom is -0.312 e. The highest BCUT2D eigenvalue weighted by atomic mass is 35.5. The van der Waals surface area contributed by atoms with Gasteiger partial charge in [-0.3, -0.25) is 0 Å². The molecule has 20 heavy (non-hydrogen) atoms. The zero-order valence-corrected chi connectivity index (χ0v) is 12.1. The lowest BCUT2D eigenvalue weighted by molar-refractivity contribution is 0.577. The second-order valence-electron chi connectivity index (χ2n) is 4.44. The molecule has 0 bridgehead atoms. The molecule has 0 aliphatic heterocycles. The highest BCUT2D eigenvalue weighted by molar-refractivity contribution is 6.35. The molecular formula is C15H13Cl2F2N. The Balaban J connectivity index is 1.84.